The van der Waals surface area contributed by atoms with E-state index in [0.29, 0.717) is 5.28 Å². The molecule has 1 aromatic carbocycles. The number of rotatable bonds is 1. The monoisotopic (exact) mass is 221 g/mol. The normalized spacial score (nSPS) is 10.7. The Morgan fingerprint density at radius 3 is 2.07 bits per heavy atom. The molecular formula is C11H12ClN3. The van der Waals surface area contributed by atoms with E-state index in [1.165, 1.54) is 11.1 Å². The molecule has 0 fully saturated rings. The second-order valence-corrected chi connectivity index (χ2v) is 4.04. The third-order valence-electron chi connectivity index (χ3n) is 2.25. The number of nitrogens with zero attached hydrogens (tertiary/aromatic N) is 3. The van der Waals surface area contributed by atoms with Crippen LogP contribution in [0.5, 0.6) is 0 Å². The highest BCUT2D eigenvalue weighted by Crippen LogP contribution is 2.19. The van der Waals surface area contributed by atoms with Crippen molar-refractivity contribution in [3.63, 3.8) is 0 Å². The van der Waals surface area contributed by atoms with Crippen LogP contribution in [0.25, 0.3) is 5.69 Å². The van der Waals surface area contributed by atoms with Crippen molar-refractivity contribution in [2.75, 3.05) is 0 Å². The lowest BCUT2D eigenvalue weighted by atomic mass is 10.1. The van der Waals surface area contributed by atoms with Crippen molar-refractivity contribution < 1.29 is 0 Å². The molecule has 0 aliphatic rings. The van der Waals surface area contributed by atoms with Crippen molar-refractivity contribution in [1.29, 1.82) is 0 Å². The van der Waals surface area contributed by atoms with E-state index in [1.807, 2.05) is 11.5 Å². The summed E-state index contributed by atoms with van der Waals surface area (Å²) in [6, 6.07) is 6.25. The molecule has 0 spiro atoms. The Hall–Kier alpha value is -1.35. The van der Waals surface area contributed by atoms with Crippen LogP contribution in [0.4, 0.5) is 0 Å². The van der Waals surface area contributed by atoms with Gasteiger partial charge in [0.2, 0.25) is 5.28 Å². The molecule has 0 bridgehead atoms. The first-order chi connectivity index (χ1) is 7.08. The molecule has 0 aliphatic heterocycles. The molecule has 0 saturated carbocycles. The first-order valence-corrected chi connectivity index (χ1v) is 5.12. The molecule has 2 aromatic rings. The minimum absolute atomic E-state index is 0.400. The molecule has 0 N–H and O–H groups in total. The van der Waals surface area contributed by atoms with Crippen LogP contribution in [0.3, 0.4) is 0 Å². The van der Waals surface area contributed by atoms with Gasteiger partial charge in [0.1, 0.15) is 5.82 Å². The van der Waals surface area contributed by atoms with Crippen LogP contribution < -0.4 is 0 Å². The highest BCUT2D eigenvalue weighted by atomic mass is 35.5. The highest BCUT2D eigenvalue weighted by molar-refractivity contribution is 6.28. The van der Waals surface area contributed by atoms with Crippen LogP contribution in [0.2, 0.25) is 5.28 Å². The maximum absolute atomic E-state index is 5.97. The smallest absolute Gasteiger partial charge is 0.229 e. The van der Waals surface area contributed by atoms with Gasteiger partial charge in [-0.2, -0.15) is 0 Å². The molecule has 1 aromatic heterocycles. The molecule has 0 radical (unpaired) electrons. The maximum Gasteiger partial charge on any atom is 0.229 e. The van der Waals surface area contributed by atoms with Gasteiger partial charge in [-0.1, -0.05) is 6.07 Å². The number of hydrogen-bond donors (Lipinski definition) is 0. The molecule has 0 saturated heterocycles. The van der Waals surface area contributed by atoms with Gasteiger partial charge in [-0.15, -0.1) is 10.2 Å². The van der Waals surface area contributed by atoms with Crippen molar-refractivity contribution in [3.05, 3.63) is 40.4 Å². The molecule has 2 rings (SSSR count). The van der Waals surface area contributed by atoms with Gasteiger partial charge >= 0.3 is 0 Å². The van der Waals surface area contributed by atoms with Crippen LogP contribution in [-0.2, 0) is 0 Å². The Morgan fingerprint density at radius 1 is 1.00 bits per heavy atom. The lowest BCUT2D eigenvalue weighted by molar-refractivity contribution is 0.966. The summed E-state index contributed by atoms with van der Waals surface area (Å²) in [6.45, 7) is 6.00. The molecule has 0 aliphatic carbocycles. The average Bonchev–Trinajstić information content (AvgIpc) is 2.44. The number of halogens is 1. The number of benzene rings is 1. The van der Waals surface area contributed by atoms with E-state index in [0.717, 1.165) is 11.5 Å². The fraction of sp³-hybridized carbons (Fsp3) is 0.273. The third-order valence-corrected chi connectivity index (χ3v) is 2.49. The number of aryl methyl sites for hydroxylation is 3. The van der Waals surface area contributed by atoms with Gasteiger partial charge in [-0.25, -0.2) is 0 Å². The van der Waals surface area contributed by atoms with Crippen LogP contribution in [0.1, 0.15) is 17.0 Å². The summed E-state index contributed by atoms with van der Waals surface area (Å²) in [5, 5.41) is 8.16. The van der Waals surface area contributed by atoms with Crippen molar-refractivity contribution in [3.8, 4) is 5.69 Å². The van der Waals surface area contributed by atoms with Crippen molar-refractivity contribution in [2.24, 2.45) is 0 Å². The maximum atomic E-state index is 5.97. The lowest BCUT2D eigenvalue weighted by Crippen LogP contribution is -1.98. The molecule has 3 nitrogen and oxygen atoms in total. The van der Waals surface area contributed by atoms with E-state index in [-0.39, 0.29) is 0 Å². The second-order valence-electron chi connectivity index (χ2n) is 3.70. The van der Waals surface area contributed by atoms with Crippen molar-refractivity contribution in [1.82, 2.24) is 14.8 Å². The van der Waals surface area contributed by atoms with Crippen LogP contribution in [0, 0.1) is 20.8 Å². The fourth-order valence-electron chi connectivity index (χ4n) is 1.71. The first kappa shape index (κ1) is 10.2. The summed E-state index contributed by atoms with van der Waals surface area (Å²) in [5.74, 6) is 0.796. The average molecular weight is 222 g/mol. The largest absolute Gasteiger partial charge is 0.270 e. The van der Waals surface area contributed by atoms with E-state index < -0.39 is 0 Å². The fourth-order valence-corrected chi connectivity index (χ4v) is 1.97. The van der Waals surface area contributed by atoms with Gasteiger partial charge in [0.15, 0.2) is 0 Å². The first-order valence-electron chi connectivity index (χ1n) is 4.74. The molecule has 0 atom stereocenters. The van der Waals surface area contributed by atoms with E-state index in [4.69, 9.17) is 11.6 Å². The number of hydrogen-bond acceptors (Lipinski definition) is 2. The van der Waals surface area contributed by atoms with Crippen molar-refractivity contribution >= 4 is 11.6 Å². The summed E-state index contributed by atoms with van der Waals surface area (Å²) in [7, 11) is 0. The lowest BCUT2D eigenvalue weighted by Gasteiger charge is -2.07. The second kappa shape index (κ2) is 3.66. The molecule has 1 heterocycles. The summed E-state index contributed by atoms with van der Waals surface area (Å²) in [5.41, 5.74) is 3.42. The minimum Gasteiger partial charge on any atom is -0.270 e. The summed E-state index contributed by atoms with van der Waals surface area (Å²) in [6.07, 6.45) is 0. The van der Waals surface area contributed by atoms with E-state index in [1.54, 1.807) is 0 Å². The zero-order chi connectivity index (χ0) is 11.0. The molecule has 4 heteroatoms. The minimum atomic E-state index is 0.400. The highest BCUT2D eigenvalue weighted by Gasteiger charge is 2.08. The van der Waals surface area contributed by atoms with E-state index in [9.17, 15) is 0 Å². The van der Waals surface area contributed by atoms with Crippen LogP contribution >= 0.6 is 11.6 Å². The van der Waals surface area contributed by atoms with Crippen LogP contribution in [-0.4, -0.2) is 14.8 Å². The summed E-state index contributed by atoms with van der Waals surface area (Å²) < 4.78 is 1.83. The Labute approximate surface area is 93.7 Å². The Bertz CT molecular complexity index is 463. The Morgan fingerprint density at radius 2 is 1.60 bits per heavy atom. The Kier molecular flexibility index (Phi) is 2.49. The summed E-state index contributed by atoms with van der Waals surface area (Å²) >= 11 is 5.97. The zero-order valence-corrected chi connectivity index (χ0v) is 9.71. The molecular weight excluding hydrogens is 210 g/mol. The van der Waals surface area contributed by atoms with E-state index in [2.05, 4.69) is 42.2 Å². The zero-order valence-electron chi connectivity index (χ0n) is 8.95. The SMILES string of the molecule is Cc1cc(C)cc(-n2c(C)nnc2Cl)c1. The van der Waals surface area contributed by atoms with Gasteiger partial charge in [-0.05, 0) is 55.6 Å². The van der Waals surface area contributed by atoms with Gasteiger partial charge in [0, 0.05) is 0 Å². The van der Waals surface area contributed by atoms with Gasteiger partial charge in [-0.3, -0.25) is 4.57 Å². The van der Waals surface area contributed by atoms with Gasteiger partial charge < -0.3 is 0 Å². The van der Waals surface area contributed by atoms with Gasteiger partial charge in [0.25, 0.3) is 0 Å². The van der Waals surface area contributed by atoms with Crippen molar-refractivity contribution in [2.45, 2.75) is 20.8 Å². The predicted octanol–water partition coefficient (Wildman–Crippen LogP) is 2.85. The number of aromatic nitrogens is 3. The van der Waals surface area contributed by atoms with E-state index >= 15 is 0 Å². The standard InChI is InChI=1S/C11H12ClN3/c1-7-4-8(2)6-10(5-7)15-9(3)13-14-11(15)12/h4-6H,1-3H3. The molecule has 78 valence electrons. The van der Waals surface area contributed by atoms with Crippen LogP contribution in [0.15, 0.2) is 18.2 Å². The summed E-state index contributed by atoms with van der Waals surface area (Å²) in [4.78, 5) is 0. The topological polar surface area (TPSA) is 30.7 Å². The van der Waals surface area contributed by atoms with Gasteiger partial charge in [0.05, 0.1) is 5.69 Å². The Balaban J connectivity index is 2.63. The predicted molar refractivity (Wildman–Crippen MR) is 60.6 cm³/mol. The molecule has 0 amide bonds. The molecule has 0 unspecified atom stereocenters. The third kappa shape index (κ3) is 1.88. The molecule has 15 heavy (non-hydrogen) atoms. The quantitative estimate of drug-likeness (QED) is 0.742.